The van der Waals surface area contributed by atoms with E-state index >= 15 is 0 Å². The summed E-state index contributed by atoms with van der Waals surface area (Å²) in [5, 5.41) is 9.08. The predicted molar refractivity (Wildman–Crippen MR) is 59.6 cm³/mol. The number of hydrogen-bond acceptors (Lipinski definition) is 4. The van der Waals surface area contributed by atoms with E-state index in [1.54, 1.807) is 0 Å². The number of carbonyl (C=O) groups excluding carboxylic acids is 1. The third-order valence-electron chi connectivity index (χ3n) is 2.27. The number of halogens is 3. The number of alkyl halides is 3. The Labute approximate surface area is 107 Å². The van der Waals surface area contributed by atoms with Crippen LogP contribution >= 0.6 is 0 Å². The van der Waals surface area contributed by atoms with E-state index in [-0.39, 0.29) is 12.2 Å². The number of methoxy groups -OCH3 is 1. The molecule has 0 saturated carbocycles. The van der Waals surface area contributed by atoms with Gasteiger partial charge in [0.25, 0.3) is 0 Å². The van der Waals surface area contributed by atoms with Gasteiger partial charge in [-0.25, -0.2) is 4.79 Å². The minimum atomic E-state index is -4.51. The number of hydrogen-bond donors (Lipinski definition) is 1. The van der Waals surface area contributed by atoms with Crippen molar-refractivity contribution in [1.29, 1.82) is 0 Å². The second kappa shape index (κ2) is 6.42. The Kier molecular flexibility index (Phi) is 5.17. The second-order valence-electron chi connectivity index (χ2n) is 3.81. The second-order valence-corrected chi connectivity index (χ2v) is 3.81. The van der Waals surface area contributed by atoms with Crippen molar-refractivity contribution in [2.75, 3.05) is 13.7 Å². The number of ether oxygens (including phenoxy) is 2. The molecule has 0 aliphatic carbocycles. The fourth-order valence-corrected chi connectivity index (χ4v) is 1.38. The minimum absolute atomic E-state index is 0.0228. The molecule has 0 amide bonds. The summed E-state index contributed by atoms with van der Waals surface area (Å²) in [5.74, 6) is -0.855. The van der Waals surface area contributed by atoms with Crippen molar-refractivity contribution in [2.24, 2.45) is 0 Å². The Balaban J connectivity index is 2.69. The van der Waals surface area contributed by atoms with Gasteiger partial charge in [-0.05, 0) is 17.7 Å². The maximum absolute atomic E-state index is 12.1. The summed E-state index contributed by atoms with van der Waals surface area (Å²) in [6, 6.07) is 5.71. The van der Waals surface area contributed by atoms with Crippen LogP contribution in [0.1, 0.15) is 5.56 Å². The molecule has 1 atom stereocenters. The lowest BCUT2D eigenvalue weighted by molar-refractivity contribution is -0.193. The number of rotatable bonds is 5. The molecule has 0 aliphatic rings. The van der Waals surface area contributed by atoms with Crippen LogP contribution in [0.15, 0.2) is 24.3 Å². The van der Waals surface area contributed by atoms with Gasteiger partial charge in [0.2, 0.25) is 0 Å². The topological polar surface area (TPSA) is 55.8 Å². The molecule has 19 heavy (non-hydrogen) atoms. The van der Waals surface area contributed by atoms with Gasteiger partial charge in [-0.2, -0.15) is 13.2 Å². The van der Waals surface area contributed by atoms with Crippen LogP contribution in [0.3, 0.4) is 0 Å². The van der Waals surface area contributed by atoms with Crippen molar-refractivity contribution in [3.05, 3.63) is 29.8 Å². The molecule has 106 valence electrons. The van der Waals surface area contributed by atoms with E-state index in [4.69, 9.17) is 5.11 Å². The number of benzene rings is 1. The standard InChI is InChI=1S/C12H13F3O4/c1-18-11(17)10(19-7-12(13,14)15)6-8-2-4-9(16)5-3-8/h2-5,10,16H,6-7H2,1H3. The Hall–Kier alpha value is -1.76. The van der Waals surface area contributed by atoms with Gasteiger partial charge in [-0.1, -0.05) is 12.1 Å². The molecule has 1 aromatic rings. The quantitative estimate of drug-likeness (QED) is 0.838. The van der Waals surface area contributed by atoms with Crippen LogP contribution in [0, 0.1) is 0 Å². The molecule has 0 aromatic heterocycles. The third kappa shape index (κ3) is 5.60. The summed E-state index contributed by atoms with van der Waals surface area (Å²) in [6.45, 7) is -1.52. The molecule has 7 heteroatoms. The van der Waals surface area contributed by atoms with Crippen LogP contribution in [-0.2, 0) is 20.7 Å². The van der Waals surface area contributed by atoms with Crippen molar-refractivity contribution in [3.63, 3.8) is 0 Å². The molecule has 0 bridgehead atoms. The molecule has 0 heterocycles. The smallest absolute Gasteiger partial charge is 0.411 e. The van der Waals surface area contributed by atoms with E-state index in [0.29, 0.717) is 5.56 Å². The van der Waals surface area contributed by atoms with Gasteiger partial charge in [-0.15, -0.1) is 0 Å². The molecule has 0 radical (unpaired) electrons. The summed E-state index contributed by atoms with van der Waals surface area (Å²) in [6.07, 6.45) is -5.92. The van der Waals surface area contributed by atoms with E-state index < -0.39 is 24.9 Å². The third-order valence-corrected chi connectivity index (χ3v) is 2.27. The maximum Gasteiger partial charge on any atom is 0.411 e. The first-order valence-electron chi connectivity index (χ1n) is 5.36. The first-order valence-corrected chi connectivity index (χ1v) is 5.36. The highest BCUT2D eigenvalue weighted by Crippen LogP contribution is 2.18. The SMILES string of the molecule is COC(=O)C(Cc1ccc(O)cc1)OCC(F)(F)F. The highest BCUT2D eigenvalue weighted by atomic mass is 19.4. The van der Waals surface area contributed by atoms with Crippen LogP contribution in [0.2, 0.25) is 0 Å². The zero-order valence-electron chi connectivity index (χ0n) is 10.1. The number of phenols is 1. The lowest BCUT2D eigenvalue weighted by Gasteiger charge is -2.17. The van der Waals surface area contributed by atoms with E-state index in [1.165, 1.54) is 24.3 Å². The first-order chi connectivity index (χ1) is 8.81. The van der Waals surface area contributed by atoms with Crippen molar-refractivity contribution in [3.8, 4) is 5.75 Å². The lowest BCUT2D eigenvalue weighted by Crippen LogP contribution is -2.32. The molecule has 0 spiro atoms. The average Bonchev–Trinajstić information content (AvgIpc) is 2.34. The first kappa shape index (κ1) is 15.3. The van der Waals surface area contributed by atoms with Gasteiger partial charge in [-0.3, -0.25) is 0 Å². The normalized spacial score (nSPS) is 13.1. The van der Waals surface area contributed by atoms with E-state index in [9.17, 15) is 18.0 Å². The zero-order chi connectivity index (χ0) is 14.5. The maximum atomic E-state index is 12.1. The van der Waals surface area contributed by atoms with Gasteiger partial charge < -0.3 is 14.6 Å². The molecule has 0 fully saturated rings. The van der Waals surface area contributed by atoms with Gasteiger partial charge in [0.05, 0.1) is 7.11 Å². The zero-order valence-corrected chi connectivity index (χ0v) is 10.1. The Morgan fingerprint density at radius 2 is 1.89 bits per heavy atom. The average molecular weight is 278 g/mol. The molecule has 4 nitrogen and oxygen atoms in total. The summed E-state index contributed by atoms with van der Waals surface area (Å²) in [7, 11) is 1.07. The number of phenolic OH excluding ortho intramolecular Hbond substituents is 1. The summed E-state index contributed by atoms with van der Waals surface area (Å²) < 4.78 is 45.1. The minimum Gasteiger partial charge on any atom is -0.508 e. The molecule has 1 unspecified atom stereocenters. The van der Waals surface area contributed by atoms with Crippen molar-refractivity contribution in [2.45, 2.75) is 18.7 Å². The van der Waals surface area contributed by atoms with Crippen LogP contribution in [-0.4, -0.2) is 37.1 Å². The predicted octanol–water partition coefficient (Wildman–Crippen LogP) is 2.06. The molecular weight excluding hydrogens is 265 g/mol. The van der Waals surface area contributed by atoms with Crippen molar-refractivity contribution >= 4 is 5.97 Å². The Morgan fingerprint density at radius 3 is 2.37 bits per heavy atom. The summed E-state index contributed by atoms with van der Waals surface area (Å²) in [4.78, 5) is 11.3. The van der Waals surface area contributed by atoms with Crippen LogP contribution in [0.25, 0.3) is 0 Å². The van der Waals surface area contributed by atoms with Crippen molar-refractivity contribution < 1.29 is 32.5 Å². The molecule has 1 rings (SSSR count). The Bertz CT molecular complexity index is 414. The molecule has 1 N–H and O–H groups in total. The fraction of sp³-hybridized carbons (Fsp3) is 0.417. The van der Waals surface area contributed by atoms with E-state index in [2.05, 4.69) is 9.47 Å². The fourth-order valence-electron chi connectivity index (χ4n) is 1.38. The van der Waals surface area contributed by atoms with Gasteiger partial charge >= 0.3 is 12.1 Å². The van der Waals surface area contributed by atoms with Gasteiger partial charge in [0.15, 0.2) is 6.10 Å². The Morgan fingerprint density at radius 1 is 1.32 bits per heavy atom. The van der Waals surface area contributed by atoms with Crippen LogP contribution < -0.4 is 0 Å². The summed E-state index contributed by atoms with van der Waals surface area (Å²) in [5.41, 5.74) is 0.551. The molecule has 0 saturated heterocycles. The summed E-state index contributed by atoms with van der Waals surface area (Å²) >= 11 is 0. The highest BCUT2D eigenvalue weighted by molar-refractivity contribution is 5.75. The molecule has 1 aromatic carbocycles. The van der Waals surface area contributed by atoms with Crippen molar-refractivity contribution in [1.82, 2.24) is 0 Å². The number of esters is 1. The molecule has 0 aliphatic heterocycles. The highest BCUT2D eigenvalue weighted by Gasteiger charge is 2.31. The van der Waals surface area contributed by atoms with Crippen LogP contribution in [0.4, 0.5) is 13.2 Å². The van der Waals surface area contributed by atoms with E-state index in [0.717, 1.165) is 7.11 Å². The van der Waals surface area contributed by atoms with Crippen LogP contribution in [0.5, 0.6) is 5.75 Å². The molecular formula is C12H13F3O4. The van der Waals surface area contributed by atoms with Gasteiger partial charge in [0.1, 0.15) is 12.4 Å². The monoisotopic (exact) mass is 278 g/mol. The van der Waals surface area contributed by atoms with Gasteiger partial charge in [0, 0.05) is 6.42 Å². The van der Waals surface area contributed by atoms with E-state index in [1.807, 2.05) is 0 Å². The largest absolute Gasteiger partial charge is 0.508 e. The number of aromatic hydroxyl groups is 1. The lowest BCUT2D eigenvalue weighted by atomic mass is 10.1. The number of carbonyl (C=O) groups is 1.